The third kappa shape index (κ3) is 5.04. The molecule has 1 aromatic heterocycles. The number of aromatic amines is 1. The van der Waals surface area contributed by atoms with Gasteiger partial charge in [0.2, 0.25) is 0 Å². The van der Waals surface area contributed by atoms with Crippen molar-refractivity contribution in [3.8, 4) is 0 Å². The average Bonchev–Trinajstić information content (AvgIpc) is 2.87. The zero-order valence-corrected chi connectivity index (χ0v) is 12.6. The van der Waals surface area contributed by atoms with Crippen LogP contribution in [0.5, 0.6) is 0 Å². The summed E-state index contributed by atoms with van der Waals surface area (Å²) in [6, 6.07) is 4.06. The van der Waals surface area contributed by atoms with Gasteiger partial charge in [-0.1, -0.05) is 19.1 Å². The lowest BCUT2D eigenvalue weighted by Crippen LogP contribution is -2.11. The second-order valence-corrected chi connectivity index (χ2v) is 5.58. The molecule has 2 nitrogen and oxygen atoms in total. The Labute approximate surface area is 130 Å². The monoisotopic (exact) mass is 332 g/mol. The van der Waals surface area contributed by atoms with Crippen molar-refractivity contribution in [1.82, 2.24) is 9.97 Å². The standard InChI is InChI=1S/C16H17F5N2/c1-10(12-5-3-6-13(17)15(12)18)4-2-7-14-22-9-11(23-14)8-16(19,20)21/h3,5-6,9-10H,2,4,7-8H2,1H3,(H,22,23). The predicted octanol–water partition coefficient (Wildman–Crippen LogP) is 4.92. The summed E-state index contributed by atoms with van der Waals surface area (Å²) in [5.74, 6) is -1.44. The molecule has 0 saturated carbocycles. The molecule has 0 amide bonds. The van der Waals surface area contributed by atoms with Crippen LogP contribution in [0.2, 0.25) is 0 Å². The first-order chi connectivity index (χ1) is 10.8. The summed E-state index contributed by atoms with van der Waals surface area (Å²) in [5, 5.41) is 0. The fraction of sp³-hybridized carbons (Fsp3) is 0.438. The van der Waals surface area contributed by atoms with Crippen molar-refractivity contribution in [1.29, 1.82) is 0 Å². The van der Waals surface area contributed by atoms with Crippen LogP contribution in [0.25, 0.3) is 0 Å². The van der Waals surface area contributed by atoms with Gasteiger partial charge < -0.3 is 4.98 Å². The topological polar surface area (TPSA) is 28.7 Å². The summed E-state index contributed by atoms with van der Waals surface area (Å²) in [6.07, 6.45) is -2.48. The van der Waals surface area contributed by atoms with E-state index in [2.05, 4.69) is 9.97 Å². The number of hydrogen-bond acceptors (Lipinski definition) is 1. The van der Waals surface area contributed by atoms with Crippen LogP contribution in [0.15, 0.2) is 24.4 Å². The number of hydrogen-bond donors (Lipinski definition) is 1. The van der Waals surface area contributed by atoms with Gasteiger partial charge in [0.25, 0.3) is 0 Å². The van der Waals surface area contributed by atoms with Crippen LogP contribution in [-0.2, 0) is 12.8 Å². The van der Waals surface area contributed by atoms with Gasteiger partial charge in [-0.3, -0.25) is 0 Å². The molecule has 1 heterocycles. The molecule has 0 fully saturated rings. The third-order valence-electron chi connectivity index (χ3n) is 3.64. The lowest BCUT2D eigenvalue weighted by molar-refractivity contribution is -0.127. The maximum atomic E-state index is 13.7. The Balaban J connectivity index is 1.86. The fourth-order valence-corrected chi connectivity index (χ4v) is 2.47. The van der Waals surface area contributed by atoms with E-state index in [9.17, 15) is 22.0 Å². The van der Waals surface area contributed by atoms with Gasteiger partial charge in [0.15, 0.2) is 11.6 Å². The third-order valence-corrected chi connectivity index (χ3v) is 3.64. The summed E-state index contributed by atoms with van der Waals surface area (Å²) >= 11 is 0. The molecule has 0 bridgehead atoms. The fourth-order valence-electron chi connectivity index (χ4n) is 2.47. The van der Waals surface area contributed by atoms with Crippen molar-refractivity contribution in [3.05, 3.63) is 53.1 Å². The first-order valence-electron chi connectivity index (χ1n) is 7.29. The van der Waals surface area contributed by atoms with Crippen LogP contribution in [-0.4, -0.2) is 16.1 Å². The van der Waals surface area contributed by atoms with Crippen LogP contribution in [0.4, 0.5) is 22.0 Å². The van der Waals surface area contributed by atoms with Gasteiger partial charge in [0.05, 0.1) is 6.42 Å². The maximum Gasteiger partial charge on any atom is 0.394 e. The summed E-state index contributed by atoms with van der Waals surface area (Å²) in [6.45, 7) is 1.79. The van der Waals surface area contributed by atoms with E-state index in [1.54, 1.807) is 6.92 Å². The number of halogens is 5. The van der Waals surface area contributed by atoms with E-state index in [1.807, 2.05) is 0 Å². The largest absolute Gasteiger partial charge is 0.394 e. The molecule has 2 aromatic rings. The van der Waals surface area contributed by atoms with E-state index in [1.165, 1.54) is 18.3 Å². The second kappa shape index (κ2) is 7.10. The normalized spacial score (nSPS) is 13.3. The van der Waals surface area contributed by atoms with Gasteiger partial charge in [-0.15, -0.1) is 0 Å². The summed E-state index contributed by atoms with van der Waals surface area (Å²) in [4.78, 5) is 6.55. The Morgan fingerprint density at radius 2 is 1.96 bits per heavy atom. The van der Waals surface area contributed by atoms with Gasteiger partial charge in [0, 0.05) is 18.3 Å². The minimum Gasteiger partial charge on any atom is -0.346 e. The molecule has 7 heteroatoms. The Kier molecular flexibility index (Phi) is 5.38. The van der Waals surface area contributed by atoms with Crippen molar-refractivity contribution >= 4 is 0 Å². The van der Waals surface area contributed by atoms with E-state index in [4.69, 9.17) is 0 Å². The number of H-pyrrole nitrogens is 1. The number of rotatable bonds is 6. The molecule has 0 spiro atoms. The van der Waals surface area contributed by atoms with Gasteiger partial charge in [-0.05, 0) is 30.4 Å². The number of benzene rings is 1. The number of aryl methyl sites for hydroxylation is 1. The quantitative estimate of drug-likeness (QED) is 0.748. The lowest BCUT2D eigenvalue weighted by atomic mass is 9.95. The average molecular weight is 332 g/mol. The van der Waals surface area contributed by atoms with Gasteiger partial charge >= 0.3 is 6.18 Å². The van der Waals surface area contributed by atoms with E-state index in [0.717, 1.165) is 6.07 Å². The van der Waals surface area contributed by atoms with Gasteiger partial charge in [-0.25, -0.2) is 13.8 Å². The number of imidazole rings is 1. The highest BCUT2D eigenvalue weighted by molar-refractivity contribution is 5.22. The molecule has 23 heavy (non-hydrogen) atoms. The van der Waals surface area contributed by atoms with Crippen molar-refractivity contribution in [2.45, 2.75) is 44.7 Å². The van der Waals surface area contributed by atoms with Crippen LogP contribution < -0.4 is 0 Å². The smallest absolute Gasteiger partial charge is 0.346 e. The number of nitrogens with zero attached hydrogens (tertiary/aromatic N) is 1. The van der Waals surface area contributed by atoms with E-state index < -0.39 is 24.2 Å². The van der Waals surface area contributed by atoms with Crippen molar-refractivity contribution in [2.24, 2.45) is 0 Å². The second-order valence-electron chi connectivity index (χ2n) is 5.58. The van der Waals surface area contributed by atoms with Gasteiger partial charge in [-0.2, -0.15) is 13.2 Å². The highest BCUT2D eigenvalue weighted by Crippen LogP contribution is 2.25. The molecule has 1 unspecified atom stereocenters. The SMILES string of the molecule is CC(CCCc1ncc(CC(F)(F)F)[nH]1)c1cccc(F)c1F. The van der Waals surface area contributed by atoms with Gasteiger partial charge in [0.1, 0.15) is 5.82 Å². The Hall–Kier alpha value is -1.92. The molecule has 0 aliphatic heterocycles. The van der Waals surface area contributed by atoms with E-state index in [0.29, 0.717) is 30.7 Å². The molecule has 0 aliphatic rings. The van der Waals surface area contributed by atoms with Crippen LogP contribution >= 0.6 is 0 Å². The van der Waals surface area contributed by atoms with Crippen LogP contribution in [0, 0.1) is 11.6 Å². The minimum atomic E-state index is -4.27. The molecule has 0 aliphatic carbocycles. The molecule has 1 atom stereocenters. The highest BCUT2D eigenvalue weighted by atomic mass is 19.4. The number of aromatic nitrogens is 2. The molecule has 0 radical (unpaired) electrons. The summed E-state index contributed by atoms with van der Waals surface area (Å²) in [5.41, 5.74) is 0.332. The Morgan fingerprint density at radius 3 is 2.65 bits per heavy atom. The number of nitrogens with one attached hydrogen (secondary N) is 1. The van der Waals surface area contributed by atoms with Crippen LogP contribution in [0.1, 0.15) is 42.8 Å². The summed E-state index contributed by atoms with van der Waals surface area (Å²) < 4.78 is 63.6. The molecule has 1 N–H and O–H groups in total. The molecule has 0 saturated heterocycles. The molecule has 126 valence electrons. The van der Waals surface area contributed by atoms with Crippen molar-refractivity contribution in [2.75, 3.05) is 0 Å². The molecule has 2 rings (SSSR count). The molecular formula is C16H17F5N2. The van der Waals surface area contributed by atoms with Crippen molar-refractivity contribution < 1.29 is 22.0 Å². The highest BCUT2D eigenvalue weighted by Gasteiger charge is 2.28. The first kappa shape index (κ1) is 17.4. The zero-order chi connectivity index (χ0) is 17.0. The molecular weight excluding hydrogens is 315 g/mol. The maximum absolute atomic E-state index is 13.7. The van der Waals surface area contributed by atoms with Crippen LogP contribution in [0.3, 0.4) is 0 Å². The first-order valence-corrected chi connectivity index (χ1v) is 7.29. The van der Waals surface area contributed by atoms with E-state index >= 15 is 0 Å². The predicted molar refractivity (Wildman–Crippen MR) is 76.1 cm³/mol. The lowest BCUT2D eigenvalue weighted by Gasteiger charge is -2.12. The minimum absolute atomic E-state index is 0.0247. The number of alkyl halides is 3. The zero-order valence-electron chi connectivity index (χ0n) is 12.6. The Morgan fingerprint density at radius 1 is 1.22 bits per heavy atom. The molecule has 1 aromatic carbocycles. The van der Waals surface area contributed by atoms with Crippen molar-refractivity contribution in [3.63, 3.8) is 0 Å². The summed E-state index contributed by atoms with van der Waals surface area (Å²) in [7, 11) is 0. The Bertz CT molecular complexity index is 648. The van der Waals surface area contributed by atoms with E-state index in [-0.39, 0.29) is 11.6 Å².